The van der Waals surface area contributed by atoms with E-state index in [4.69, 9.17) is 0 Å². The molecule has 11 aromatic rings. The number of thiophene rings is 2. The van der Waals surface area contributed by atoms with E-state index in [1.54, 1.807) is 22.7 Å². The van der Waals surface area contributed by atoms with Crippen LogP contribution in [-0.2, 0) is 10.8 Å². The number of hydrogen-bond donors (Lipinski definition) is 0. The van der Waals surface area contributed by atoms with Crippen molar-refractivity contribution in [3.05, 3.63) is 222 Å². The van der Waals surface area contributed by atoms with Gasteiger partial charge in [-0.25, -0.2) is 0 Å². The molecule has 0 saturated carbocycles. The molecule has 0 fully saturated rings. The molecular formula is C67H55BN2S2. The molecule has 2 aliphatic heterocycles. The number of fused-ring (bicyclic) bond motifs is 6. The largest absolute Gasteiger partial charge is 0.311 e. The summed E-state index contributed by atoms with van der Waals surface area (Å²) in [4.78, 5) is 5.22. The first-order chi connectivity index (χ1) is 34.9. The van der Waals surface area contributed by atoms with E-state index in [9.17, 15) is 0 Å². The Morgan fingerprint density at radius 1 is 0.361 bits per heavy atom. The van der Waals surface area contributed by atoms with Crippen molar-refractivity contribution in [2.24, 2.45) is 0 Å². The van der Waals surface area contributed by atoms with Crippen LogP contribution in [0.15, 0.2) is 205 Å². The maximum Gasteiger partial charge on any atom is 0.252 e. The minimum absolute atomic E-state index is 0.0216. The lowest BCUT2D eigenvalue weighted by molar-refractivity contribution is 0.590. The van der Waals surface area contributed by atoms with Crippen LogP contribution in [0.2, 0.25) is 0 Å². The summed E-state index contributed by atoms with van der Waals surface area (Å²) in [6.07, 6.45) is 0. The average Bonchev–Trinajstić information content (AvgIpc) is 4.08. The van der Waals surface area contributed by atoms with Crippen LogP contribution >= 0.6 is 22.7 Å². The number of rotatable bonds is 6. The first-order valence-electron chi connectivity index (χ1n) is 25.2. The summed E-state index contributed by atoms with van der Waals surface area (Å²) in [5.41, 5.74) is 24.6. The van der Waals surface area contributed by atoms with E-state index in [1.165, 1.54) is 121 Å². The van der Waals surface area contributed by atoms with Crippen LogP contribution in [0.1, 0.15) is 58.2 Å². The van der Waals surface area contributed by atoms with Gasteiger partial charge in [0.05, 0.1) is 11.4 Å². The van der Waals surface area contributed by atoms with E-state index < -0.39 is 0 Å². The Balaban J connectivity index is 1.10. The zero-order valence-corrected chi connectivity index (χ0v) is 43.6. The Morgan fingerprint density at radius 3 is 1.19 bits per heavy atom. The lowest BCUT2D eigenvalue weighted by atomic mass is 9.33. The molecule has 2 aliphatic rings. The molecule has 0 atom stereocenters. The lowest BCUT2D eigenvalue weighted by Gasteiger charge is -2.45. The topological polar surface area (TPSA) is 6.48 Å². The van der Waals surface area contributed by atoms with Crippen molar-refractivity contribution in [3.8, 4) is 44.5 Å². The van der Waals surface area contributed by atoms with Gasteiger partial charge in [-0.15, -0.1) is 22.7 Å². The number of nitrogens with zero attached hydrogens (tertiary/aromatic N) is 2. The molecule has 72 heavy (non-hydrogen) atoms. The van der Waals surface area contributed by atoms with E-state index in [-0.39, 0.29) is 17.5 Å². The summed E-state index contributed by atoms with van der Waals surface area (Å²) >= 11 is 3.61. The van der Waals surface area contributed by atoms with Gasteiger partial charge in [-0.05, 0) is 179 Å². The van der Waals surface area contributed by atoms with Gasteiger partial charge >= 0.3 is 0 Å². The highest BCUT2D eigenvalue weighted by molar-refractivity contribution is 7.17. The number of anilines is 6. The monoisotopic (exact) mass is 962 g/mol. The summed E-state index contributed by atoms with van der Waals surface area (Å²) in [5.74, 6) is 0. The Bertz CT molecular complexity index is 3670. The SMILES string of the molecule is Cc1cc2c3c(c1)N(c1ccc(-c4ccc5ccsc5c4)cc1-c1ccccc1)c1ccc(C(C)(C)C)cc1B3c1cc(C(C)(C)C)ccc1N2c1ccc(-c2ccc3ccsc3c2)cc1-c1ccccc1. The Labute approximate surface area is 432 Å². The van der Waals surface area contributed by atoms with Crippen LogP contribution in [-0.4, -0.2) is 6.71 Å². The van der Waals surface area contributed by atoms with E-state index in [0.717, 1.165) is 11.4 Å². The zero-order valence-electron chi connectivity index (χ0n) is 41.9. The molecule has 2 aromatic heterocycles. The fourth-order valence-electron chi connectivity index (χ4n) is 11.4. The van der Waals surface area contributed by atoms with Crippen molar-refractivity contribution in [2.45, 2.75) is 59.3 Å². The summed E-state index contributed by atoms with van der Waals surface area (Å²) in [6, 6.07) is 74.2. The molecule has 0 radical (unpaired) electrons. The van der Waals surface area contributed by atoms with Crippen molar-refractivity contribution in [2.75, 3.05) is 9.80 Å². The van der Waals surface area contributed by atoms with Crippen molar-refractivity contribution < 1.29 is 0 Å². The highest BCUT2D eigenvalue weighted by Crippen LogP contribution is 2.50. The maximum atomic E-state index is 2.61. The van der Waals surface area contributed by atoms with Gasteiger partial charge in [0, 0.05) is 43.3 Å². The maximum absolute atomic E-state index is 2.61. The summed E-state index contributed by atoms with van der Waals surface area (Å²) in [7, 11) is 0. The predicted molar refractivity (Wildman–Crippen MR) is 315 cm³/mol. The Hall–Kier alpha value is -7.44. The molecule has 0 aliphatic carbocycles. The van der Waals surface area contributed by atoms with Gasteiger partial charge < -0.3 is 9.80 Å². The fraction of sp³-hybridized carbons (Fsp3) is 0.134. The number of aryl methyl sites for hydroxylation is 1. The molecule has 348 valence electrons. The highest BCUT2D eigenvalue weighted by atomic mass is 32.1. The predicted octanol–water partition coefficient (Wildman–Crippen LogP) is 17.8. The average molecular weight is 963 g/mol. The molecule has 4 heterocycles. The van der Waals surface area contributed by atoms with Gasteiger partial charge in [-0.1, -0.05) is 163 Å². The normalized spacial score (nSPS) is 13.1. The summed E-state index contributed by atoms with van der Waals surface area (Å²) in [5, 5.41) is 6.95. The van der Waals surface area contributed by atoms with Crippen molar-refractivity contribution in [1.82, 2.24) is 0 Å². The first-order valence-corrected chi connectivity index (χ1v) is 27.0. The molecule has 2 nitrogen and oxygen atoms in total. The summed E-state index contributed by atoms with van der Waals surface area (Å²) in [6.45, 7) is 16.3. The van der Waals surface area contributed by atoms with E-state index >= 15 is 0 Å². The first kappa shape index (κ1) is 44.5. The lowest BCUT2D eigenvalue weighted by Crippen LogP contribution is -2.61. The molecule has 0 unspecified atom stereocenters. The molecule has 0 spiro atoms. The third-order valence-electron chi connectivity index (χ3n) is 15.2. The van der Waals surface area contributed by atoms with Crippen molar-refractivity contribution >= 4 is 100 Å². The molecule has 0 amide bonds. The molecule has 0 saturated heterocycles. The standard InChI is InChI=1S/C67H55BN2S2/c1-42-34-61-65-62(35-42)70(58-27-23-48(37-54(58)44-16-12-9-13-17-44)50-21-19-46-31-33-72-64(46)39-50)60-29-25-52(67(5,6)7)41-56(60)68(65)55-40-51(66(2,3)4)24-28-59(55)69(61)57-26-22-47(36-53(57)43-14-10-8-11-15-43)49-20-18-45-30-32-71-63(45)38-49/h8-41H,1-7H3. The van der Waals surface area contributed by atoms with Crippen LogP contribution in [0, 0.1) is 6.92 Å². The van der Waals surface area contributed by atoms with Gasteiger partial charge in [-0.2, -0.15) is 0 Å². The van der Waals surface area contributed by atoms with Crippen LogP contribution in [0.25, 0.3) is 64.7 Å². The minimum Gasteiger partial charge on any atom is -0.311 e. The fourth-order valence-corrected chi connectivity index (χ4v) is 13.0. The number of benzene rings is 9. The van der Waals surface area contributed by atoms with E-state index in [2.05, 4.69) is 263 Å². The summed E-state index contributed by atoms with van der Waals surface area (Å²) < 4.78 is 2.61. The quantitative estimate of drug-likeness (QED) is 0.153. The second kappa shape index (κ2) is 16.8. The second-order valence-corrected chi connectivity index (χ2v) is 23.8. The van der Waals surface area contributed by atoms with Gasteiger partial charge in [0.25, 0.3) is 6.71 Å². The molecule has 0 N–H and O–H groups in total. The van der Waals surface area contributed by atoms with Gasteiger partial charge in [0.15, 0.2) is 0 Å². The smallest absolute Gasteiger partial charge is 0.252 e. The minimum atomic E-state index is -0.0616. The molecule has 9 aromatic carbocycles. The Morgan fingerprint density at radius 2 is 0.764 bits per heavy atom. The van der Waals surface area contributed by atoms with Crippen LogP contribution in [0.5, 0.6) is 0 Å². The molecule has 0 bridgehead atoms. The molecule has 13 rings (SSSR count). The van der Waals surface area contributed by atoms with Crippen LogP contribution in [0.4, 0.5) is 34.1 Å². The second-order valence-electron chi connectivity index (χ2n) is 21.9. The van der Waals surface area contributed by atoms with E-state index in [0.29, 0.717) is 0 Å². The third kappa shape index (κ3) is 7.44. The van der Waals surface area contributed by atoms with Crippen molar-refractivity contribution in [1.29, 1.82) is 0 Å². The molecule has 5 heteroatoms. The third-order valence-corrected chi connectivity index (χ3v) is 16.9. The molecular weight excluding hydrogens is 908 g/mol. The van der Waals surface area contributed by atoms with E-state index in [1.807, 2.05) is 0 Å². The van der Waals surface area contributed by atoms with Gasteiger partial charge in [-0.3, -0.25) is 0 Å². The van der Waals surface area contributed by atoms with Gasteiger partial charge in [0.1, 0.15) is 0 Å². The van der Waals surface area contributed by atoms with Crippen LogP contribution in [0.3, 0.4) is 0 Å². The number of hydrogen-bond acceptors (Lipinski definition) is 4. The van der Waals surface area contributed by atoms with Crippen LogP contribution < -0.4 is 26.2 Å². The Kier molecular flexibility index (Phi) is 10.4. The van der Waals surface area contributed by atoms with Crippen molar-refractivity contribution in [3.63, 3.8) is 0 Å². The highest BCUT2D eigenvalue weighted by Gasteiger charge is 2.45. The van der Waals surface area contributed by atoms with Gasteiger partial charge in [0.2, 0.25) is 0 Å². The zero-order chi connectivity index (χ0) is 49.0.